The van der Waals surface area contributed by atoms with E-state index < -0.39 is 11.9 Å². The van der Waals surface area contributed by atoms with Gasteiger partial charge in [0.1, 0.15) is 11.3 Å². The van der Waals surface area contributed by atoms with E-state index in [9.17, 15) is 19.5 Å². The number of carboxylic acid groups (broad SMARTS) is 1. The second-order valence-electron chi connectivity index (χ2n) is 7.57. The average molecular weight is 477 g/mol. The second kappa shape index (κ2) is 10.7. The summed E-state index contributed by atoms with van der Waals surface area (Å²) in [5.41, 5.74) is 1.42. The molecule has 3 rings (SSSR count). The maximum Gasteiger partial charge on any atom is 0.339 e. The lowest BCUT2D eigenvalue weighted by atomic mass is 9.86. The Hall–Kier alpha value is -2.71. The zero-order valence-corrected chi connectivity index (χ0v) is 19.2. The van der Waals surface area contributed by atoms with E-state index in [0.717, 1.165) is 12.0 Å². The van der Waals surface area contributed by atoms with E-state index in [1.807, 2.05) is 24.3 Å². The molecule has 0 saturated carbocycles. The molecule has 170 valence electrons. The molecule has 2 aromatic carbocycles. The molecule has 1 heterocycles. The van der Waals surface area contributed by atoms with Crippen LogP contribution in [0.25, 0.3) is 0 Å². The SMILES string of the molecule is COc1cc(NC(=O)CC2CCC(c3ccc(Cl)cc3)N(CCS)C2=O)ccc1C(=O)O. The quantitative estimate of drug-likeness (QED) is 0.494. The van der Waals surface area contributed by atoms with Gasteiger partial charge in [0, 0.05) is 41.4 Å². The third-order valence-electron chi connectivity index (χ3n) is 5.54. The molecule has 0 aromatic heterocycles. The van der Waals surface area contributed by atoms with Crippen LogP contribution in [0.3, 0.4) is 0 Å². The number of nitrogens with zero attached hydrogens (tertiary/aromatic N) is 1. The Morgan fingerprint density at radius 1 is 1.22 bits per heavy atom. The molecule has 2 atom stereocenters. The minimum Gasteiger partial charge on any atom is -0.496 e. The summed E-state index contributed by atoms with van der Waals surface area (Å²) in [6.45, 7) is 0.487. The lowest BCUT2D eigenvalue weighted by Gasteiger charge is -2.39. The van der Waals surface area contributed by atoms with Crippen molar-refractivity contribution in [3.8, 4) is 5.75 Å². The van der Waals surface area contributed by atoms with Crippen LogP contribution in [0.15, 0.2) is 42.5 Å². The summed E-state index contributed by atoms with van der Waals surface area (Å²) in [6, 6.07) is 11.7. The van der Waals surface area contributed by atoms with E-state index in [4.69, 9.17) is 16.3 Å². The van der Waals surface area contributed by atoms with Crippen LogP contribution in [0.2, 0.25) is 5.02 Å². The molecule has 2 amide bonds. The summed E-state index contributed by atoms with van der Waals surface area (Å²) in [6.07, 6.45) is 1.36. The second-order valence-corrected chi connectivity index (χ2v) is 8.45. The summed E-state index contributed by atoms with van der Waals surface area (Å²) in [5, 5.41) is 12.6. The number of amides is 2. The van der Waals surface area contributed by atoms with Gasteiger partial charge in [0.2, 0.25) is 11.8 Å². The van der Waals surface area contributed by atoms with Gasteiger partial charge in [0.15, 0.2) is 0 Å². The monoisotopic (exact) mass is 476 g/mol. The van der Waals surface area contributed by atoms with Crippen LogP contribution in [0.4, 0.5) is 5.69 Å². The van der Waals surface area contributed by atoms with E-state index in [-0.39, 0.29) is 35.6 Å². The van der Waals surface area contributed by atoms with Gasteiger partial charge < -0.3 is 20.1 Å². The maximum atomic E-state index is 13.2. The van der Waals surface area contributed by atoms with E-state index in [2.05, 4.69) is 17.9 Å². The van der Waals surface area contributed by atoms with E-state index in [1.165, 1.54) is 25.3 Å². The fourth-order valence-corrected chi connectivity index (χ4v) is 4.34. The number of piperidine rings is 1. The van der Waals surface area contributed by atoms with Gasteiger partial charge in [-0.15, -0.1) is 0 Å². The predicted molar refractivity (Wildman–Crippen MR) is 126 cm³/mol. The van der Waals surface area contributed by atoms with Crippen molar-refractivity contribution in [2.75, 3.05) is 24.7 Å². The summed E-state index contributed by atoms with van der Waals surface area (Å²) in [5.74, 6) is -1.27. The van der Waals surface area contributed by atoms with Crippen molar-refractivity contribution < 1.29 is 24.2 Å². The van der Waals surface area contributed by atoms with Crippen LogP contribution in [0, 0.1) is 5.92 Å². The van der Waals surface area contributed by atoms with Crippen LogP contribution in [-0.2, 0) is 9.59 Å². The molecule has 0 bridgehead atoms. The van der Waals surface area contributed by atoms with Gasteiger partial charge in [-0.2, -0.15) is 12.6 Å². The van der Waals surface area contributed by atoms with Crippen LogP contribution in [0.5, 0.6) is 5.75 Å². The summed E-state index contributed by atoms with van der Waals surface area (Å²) in [7, 11) is 1.36. The van der Waals surface area contributed by atoms with Gasteiger partial charge in [-0.05, 0) is 42.7 Å². The molecule has 1 aliphatic heterocycles. The van der Waals surface area contributed by atoms with Crippen molar-refractivity contribution in [3.63, 3.8) is 0 Å². The molecule has 2 unspecified atom stereocenters. The number of ether oxygens (including phenoxy) is 1. The van der Waals surface area contributed by atoms with Crippen molar-refractivity contribution >= 4 is 47.7 Å². The number of rotatable bonds is 8. The Balaban J connectivity index is 1.68. The lowest BCUT2D eigenvalue weighted by Crippen LogP contribution is -2.45. The molecular weight excluding hydrogens is 452 g/mol. The number of thiol groups is 1. The minimum atomic E-state index is -1.12. The number of aromatic carboxylic acids is 1. The average Bonchev–Trinajstić information content (AvgIpc) is 2.77. The molecule has 1 saturated heterocycles. The molecule has 0 spiro atoms. The first kappa shape index (κ1) is 23.9. The molecule has 1 aliphatic rings. The van der Waals surface area contributed by atoms with Gasteiger partial charge in [0.25, 0.3) is 0 Å². The first-order chi connectivity index (χ1) is 15.3. The smallest absolute Gasteiger partial charge is 0.339 e. The molecule has 32 heavy (non-hydrogen) atoms. The first-order valence-corrected chi connectivity index (χ1v) is 11.2. The molecule has 9 heteroatoms. The van der Waals surface area contributed by atoms with Gasteiger partial charge >= 0.3 is 5.97 Å². The Kier molecular flexibility index (Phi) is 8.04. The number of hydrogen-bond acceptors (Lipinski definition) is 5. The van der Waals surface area contributed by atoms with E-state index in [0.29, 0.717) is 29.4 Å². The van der Waals surface area contributed by atoms with Crippen molar-refractivity contribution in [2.45, 2.75) is 25.3 Å². The largest absolute Gasteiger partial charge is 0.496 e. The number of likely N-dealkylation sites (tertiary alicyclic amines) is 1. The Morgan fingerprint density at radius 2 is 1.94 bits per heavy atom. The van der Waals surface area contributed by atoms with Crippen LogP contribution < -0.4 is 10.1 Å². The van der Waals surface area contributed by atoms with Gasteiger partial charge in [-0.1, -0.05) is 23.7 Å². The number of carbonyl (C=O) groups is 3. The van der Waals surface area contributed by atoms with Crippen molar-refractivity contribution in [1.82, 2.24) is 4.90 Å². The Morgan fingerprint density at radius 3 is 2.56 bits per heavy atom. The normalized spacial score (nSPS) is 18.3. The Labute approximate surface area is 197 Å². The Bertz CT molecular complexity index is 998. The fraction of sp³-hybridized carbons (Fsp3) is 0.348. The molecule has 2 N–H and O–H groups in total. The highest BCUT2D eigenvalue weighted by Gasteiger charge is 2.36. The number of carbonyl (C=O) groups excluding carboxylic acids is 2. The standard InChI is InChI=1S/C23H25ClN2O5S/c1-31-20-13-17(7-8-18(20)23(29)30)25-21(27)12-15-4-9-19(26(10-11-32)22(15)28)14-2-5-16(24)6-3-14/h2-3,5-8,13,15,19,32H,4,9-12H2,1H3,(H,25,27)(H,29,30). The topological polar surface area (TPSA) is 95.9 Å². The van der Waals surface area contributed by atoms with Crippen LogP contribution in [-0.4, -0.2) is 47.2 Å². The summed E-state index contributed by atoms with van der Waals surface area (Å²) in [4.78, 5) is 38.8. The summed E-state index contributed by atoms with van der Waals surface area (Å²) < 4.78 is 5.09. The molecule has 0 radical (unpaired) electrons. The number of anilines is 1. The van der Waals surface area contributed by atoms with Crippen molar-refractivity contribution in [1.29, 1.82) is 0 Å². The van der Waals surface area contributed by atoms with Gasteiger partial charge in [-0.25, -0.2) is 4.79 Å². The maximum absolute atomic E-state index is 13.2. The highest BCUT2D eigenvalue weighted by Crippen LogP contribution is 2.36. The molecule has 1 fully saturated rings. The van der Waals surface area contributed by atoms with Crippen molar-refractivity contribution in [3.05, 3.63) is 58.6 Å². The van der Waals surface area contributed by atoms with Gasteiger partial charge in [-0.3, -0.25) is 9.59 Å². The highest BCUT2D eigenvalue weighted by atomic mass is 35.5. The fourth-order valence-electron chi connectivity index (χ4n) is 4.00. The predicted octanol–water partition coefficient (Wildman–Crippen LogP) is 4.29. The lowest BCUT2D eigenvalue weighted by molar-refractivity contribution is -0.143. The molecule has 0 aliphatic carbocycles. The molecular formula is C23H25ClN2O5S. The van der Waals surface area contributed by atoms with Crippen LogP contribution in [0.1, 0.15) is 41.2 Å². The number of halogens is 1. The van der Waals surface area contributed by atoms with Gasteiger partial charge in [0.05, 0.1) is 13.2 Å². The highest BCUT2D eigenvalue weighted by molar-refractivity contribution is 7.80. The third kappa shape index (κ3) is 5.55. The molecule has 7 nitrogen and oxygen atoms in total. The van der Waals surface area contributed by atoms with E-state index in [1.54, 1.807) is 4.90 Å². The number of carboxylic acids is 1. The number of benzene rings is 2. The first-order valence-electron chi connectivity index (χ1n) is 10.2. The third-order valence-corrected chi connectivity index (χ3v) is 5.99. The summed E-state index contributed by atoms with van der Waals surface area (Å²) >= 11 is 10.3. The van der Waals surface area contributed by atoms with E-state index >= 15 is 0 Å². The van der Waals surface area contributed by atoms with Crippen LogP contribution >= 0.6 is 24.2 Å². The zero-order chi connectivity index (χ0) is 23.3. The minimum absolute atomic E-state index is 0.00333. The number of hydrogen-bond donors (Lipinski definition) is 3. The molecule has 2 aromatic rings. The number of methoxy groups -OCH3 is 1. The zero-order valence-electron chi connectivity index (χ0n) is 17.6. The number of nitrogens with one attached hydrogen (secondary N) is 1. The van der Waals surface area contributed by atoms with Crippen molar-refractivity contribution in [2.24, 2.45) is 5.92 Å².